The maximum Gasteiger partial charge on any atom is 0.129 e. The van der Waals surface area contributed by atoms with E-state index < -0.39 is 0 Å². The normalized spacial score (nSPS) is 12.4. The minimum Gasteiger partial charge on any atom is -0.496 e. The molecule has 0 aliphatic heterocycles. The first-order valence-electron chi connectivity index (χ1n) is 6.92. The molecule has 0 aliphatic carbocycles. The van der Waals surface area contributed by atoms with Crippen LogP contribution < -0.4 is 10.1 Å². The molecule has 0 aliphatic rings. The topological polar surface area (TPSA) is 34.1 Å². The third kappa shape index (κ3) is 3.02. The van der Waals surface area contributed by atoms with E-state index >= 15 is 0 Å². The van der Waals surface area contributed by atoms with Crippen LogP contribution in [0.5, 0.6) is 5.75 Å². The van der Waals surface area contributed by atoms with E-state index in [2.05, 4.69) is 51.2 Å². The van der Waals surface area contributed by atoms with Crippen LogP contribution in [-0.4, -0.2) is 18.6 Å². The summed E-state index contributed by atoms with van der Waals surface area (Å²) < 4.78 is 5.49. The highest BCUT2D eigenvalue weighted by Crippen LogP contribution is 2.36. The van der Waals surface area contributed by atoms with Gasteiger partial charge in [0.15, 0.2) is 0 Å². The number of benzene rings is 1. The number of nitrogens with one attached hydrogen (secondary N) is 1. The monoisotopic (exact) mass is 290 g/mol. The summed E-state index contributed by atoms with van der Waals surface area (Å²) in [5, 5.41) is 4.47. The van der Waals surface area contributed by atoms with Crippen LogP contribution in [0.15, 0.2) is 18.2 Å². The van der Waals surface area contributed by atoms with Gasteiger partial charge in [-0.05, 0) is 45.0 Å². The fourth-order valence-corrected chi connectivity index (χ4v) is 3.42. The Morgan fingerprint density at radius 3 is 2.75 bits per heavy atom. The third-order valence-electron chi connectivity index (χ3n) is 3.32. The Labute approximate surface area is 125 Å². The van der Waals surface area contributed by atoms with Gasteiger partial charge >= 0.3 is 0 Å². The first kappa shape index (κ1) is 15.0. The molecule has 1 atom stereocenters. The number of aryl methyl sites for hydroxylation is 2. The smallest absolute Gasteiger partial charge is 0.129 e. The molecule has 2 rings (SSSR count). The summed E-state index contributed by atoms with van der Waals surface area (Å²) in [7, 11) is 1.71. The molecule has 0 spiro atoms. The van der Waals surface area contributed by atoms with E-state index in [0.717, 1.165) is 28.6 Å². The molecule has 1 heterocycles. The van der Waals surface area contributed by atoms with Crippen LogP contribution in [0, 0.1) is 13.8 Å². The SMILES string of the molecule is CCNC(C)c1sc(-c2ccc(C)cc2OC)nc1C. The van der Waals surface area contributed by atoms with Crippen molar-refractivity contribution in [1.82, 2.24) is 10.3 Å². The number of ether oxygens (including phenoxy) is 1. The van der Waals surface area contributed by atoms with Crippen molar-refractivity contribution in [2.45, 2.75) is 33.7 Å². The van der Waals surface area contributed by atoms with Gasteiger partial charge in [0.25, 0.3) is 0 Å². The molecule has 0 bridgehead atoms. The van der Waals surface area contributed by atoms with Gasteiger partial charge in [-0.15, -0.1) is 11.3 Å². The average Bonchev–Trinajstić information content (AvgIpc) is 2.80. The minimum absolute atomic E-state index is 0.336. The molecular formula is C16H22N2OS. The van der Waals surface area contributed by atoms with Gasteiger partial charge in [-0.3, -0.25) is 0 Å². The lowest BCUT2D eigenvalue weighted by molar-refractivity contribution is 0.416. The van der Waals surface area contributed by atoms with Crippen LogP contribution in [0.3, 0.4) is 0 Å². The number of rotatable bonds is 5. The van der Waals surface area contributed by atoms with Crippen LogP contribution in [0.1, 0.15) is 36.0 Å². The molecule has 3 nitrogen and oxygen atoms in total. The summed E-state index contributed by atoms with van der Waals surface area (Å²) in [5.74, 6) is 0.890. The van der Waals surface area contributed by atoms with Gasteiger partial charge in [0.2, 0.25) is 0 Å². The van der Waals surface area contributed by atoms with E-state index in [9.17, 15) is 0 Å². The van der Waals surface area contributed by atoms with Crippen molar-refractivity contribution in [2.75, 3.05) is 13.7 Å². The Morgan fingerprint density at radius 2 is 2.10 bits per heavy atom. The largest absolute Gasteiger partial charge is 0.496 e. The predicted molar refractivity (Wildman–Crippen MR) is 85.7 cm³/mol. The van der Waals surface area contributed by atoms with Gasteiger partial charge in [0, 0.05) is 10.9 Å². The summed E-state index contributed by atoms with van der Waals surface area (Å²) in [6, 6.07) is 6.58. The first-order valence-corrected chi connectivity index (χ1v) is 7.74. The summed E-state index contributed by atoms with van der Waals surface area (Å²) >= 11 is 1.74. The van der Waals surface area contributed by atoms with Gasteiger partial charge in [0.05, 0.1) is 18.4 Å². The van der Waals surface area contributed by atoms with Crippen molar-refractivity contribution < 1.29 is 4.74 Å². The second-order valence-electron chi connectivity index (χ2n) is 4.95. The number of hydrogen-bond donors (Lipinski definition) is 1. The van der Waals surface area contributed by atoms with E-state index in [1.807, 2.05) is 0 Å². The fraction of sp³-hybridized carbons (Fsp3) is 0.438. The van der Waals surface area contributed by atoms with Crippen molar-refractivity contribution in [3.8, 4) is 16.3 Å². The molecule has 1 unspecified atom stereocenters. The van der Waals surface area contributed by atoms with Crippen LogP contribution >= 0.6 is 11.3 Å². The zero-order chi connectivity index (χ0) is 14.7. The highest BCUT2D eigenvalue weighted by molar-refractivity contribution is 7.15. The fourth-order valence-electron chi connectivity index (χ4n) is 2.30. The number of methoxy groups -OCH3 is 1. The Hall–Kier alpha value is -1.39. The van der Waals surface area contributed by atoms with E-state index in [0.29, 0.717) is 6.04 Å². The number of thiazole rings is 1. The lowest BCUT2D eigenvalue weighted by Gasteiger charge is -2.10. The molecule has 4 heteroatoms. The molecule has 0 amide bonds. The second kappa shape index (κ2) is 6.37. The molecule has 0 radical (unpaired) electrons. The van der Waals surface area contributed by atoms with Crippen LogP contribution in [0.2, 0.25) is 0 Å². The molecule has 0 saturated heterocycles. The highest BCUT2D eigenvalue weighted by Gasteiger charge is 2.16. The summed E-state index contributed by atoms with van der Waals surface area (Å²) in [6.07, 6.45) is 0. The molecule has 2 aromatic rings. The predicted octanol–water partition coefficient (Wildman–Crippen LogP) is 4.11. The molecule has 1 aromatic carbocycles. The average molecular weight is 290 g/mol. The van der Waals surface area contributed by atoms with Crippen molar-refractivity contribution in [3.05, 3.63) is 34.3 Å². The van der Waals surface area contributed by atoms with Gasteiger partial charge in [-0.2, -0.15) is 0 Å². The van der Waals surface area contributed by atoms with Crippen molar-refractivity contribution >= 4 is 11.3 Å². The van der Waals surface area contributed by atoms with Crippen molar-refractivity contribution in [1.29, 1.82) is 0 Å². The molecule has 0 saturated carbocycles. The van der Waals surface area contributed by atoms with E-state index in [-0.39, 0.29) is 0 Å². The lowest BCUT2D eigenvalue weighted by atomic mass is 10.1. The maximum atomic E-state index is 5.49. The van der Waals surface area contributed by atoms with Crippen molar-refractivity contribution in [2.24, 2.45) is 0 Å². The zero-order valence-electron chi connectivity index (χ0n) is 12.8. The van der Waals surface area contributed by atoms with Gasteiger partial charge in [-0.1, -0.05) is 13.0 Å². The van der Waals surface area contributed by atoms with E-state index in [1.165, 1.54) is 10.4 Å². The number of aromatic nitrogens is 1. The molecule has 0 fully saturated rings. The van der Waals surface area contributed by atoms with Crippen molar-refractivity contribution in [3.63, 3.8) is 0 Å². The Balaban J connectivity index is 2.42. The second-order valence-corrected chi connectivity index (χ2v) is 5.98. The Morgan fingerprint density at radius 1 is 1.35 bits per heavy atom. The quantitative estimate of drug-likeness (QED) is 0.900. The summed E-state index contributed by atoms with van der Waals surface area (Å²) in [5.41, 5.74) is 3.36. The Bertz CT molecular complexity index is 592. The van der Waals surface area contributed by atoms with Gasteiger partial charge < -0.3 is 10.1 Å². The van der Waals surface area contributed by atoms with Crippen LogP contribution in [0.25, 0.3) is 10.6 Å². The lowest BCUT2D eigenvalue weighted by Crippen LogP contribution is -2.17. The summed E-state index contributed by atoms with van der Waals surface area (Å²) in [4.78, 5) is 6.02. The molecule has 20 heavy (non-hydrogen) atoms. The summed E-state index contributed by atoms with van der Waals surface area (Å²) in [6.45, 7) is 9.40. The van der Waals surface area contributed by atoms with Crippen LogP contribution in [-0.2, 0) is 0 Å². The van der Waals surface area contributed by atoms with E-state index in [1.54, 1.807) is 18.4 Å². The Kier molecular flexibility index (Phi) is 4.78. The molecule has 108 valence electrons. The van der Waals surface area contributed by atoms with E-state index in [4.69, 9.17) is 9.72 Å². The number of hydrogen-bond acceptors (Lipinski definition) is 4. The van der Waals surface area contributed by atoms with Gasteiger partial charge in [-0.25, -0.2) is 4.98 Å². The molecule has 1 N–H and O–H groups in total. The molecule has 1 aromatic heterocycles. The van der Waals surface area contributed by atoms with Crippen LogP contribution in [0.4, 0.5) is 0 Å². The minimum atomic E-state index is 0.336. The third-order valence-corrected chi connectivity index (χ3v) is 4.70. The standard InChI is InChI=1S/C16H22N2OS/c1-6-17-11(3)15-12(4)18-16(20-15)13-8-7-10(2)9-14(13)19-5/h7-9,11,17H,6H2,1-5H3. The number of nitrogens with zero attached hydrogens (tertiary/aromatic N) is 1. The molecular weight excluding hydrogens is 268 g/mol. The maximum absolute atomic E-state index is 5.49. The zero-order valence-corrected chi connectivity index (χ0v) is 13.6. The first-order chi connectivity index (χ1) is 9.56. The highest BCUT2D eigenvalue weighted by atomic mass is 32.1. The van der Waals surface area contributed by atoms with Gasteiger partial charge in [0.1, 0.15) is 10.8 Å².